The van der Waals surface area contributed by atoms with Gasteiger partial charge in [0.1, 0.15) is 6.07 Å². The Bertz CT molecular complexity index is 1280. The second kappa shape index (κ2) is 7.56. The second-order valence-electron chi connectivity index (χ2n) is 6.62. The molecule has 8 heteroatoms. The molecule has 0 radical (unpaired) electrons. The van der Waals surface area contributed by atoms with Gasteiger partial charge < -0.3 is 19.6 Å². The fourth-order valence-corrected chi connectivity index (χ4v) is 3.07. The Hall–Kier alpha value is -4.38. The molecular formula is C22H17N5O3. The van der Waals surface area contributed by atoms with Gasteiger partial charge in [-0.3, -0.25) is 0 Å². The van der Waals surface area contributed by atoms with Gasteiger partial charge in [-0.15, -0.1) is 0 Å². The maximum atomic E-state index is 12.2. The maximum absolute atomic E-state index is 12.2. The molecule has 2 aromatic carbocycles. The molecule has 0 saturated heterocycles. The molecule has 2 N–H and O–H groups in total. The van der Waals surface area contributed by atoms with E-state index in [1.807, 2.05) is 43.3 Å². The van der Waals surface area contributed by atoms with Crippen molar-refractivity contribution in [1.29, 1.82) is 5.26 Å². The summed E-state index contributed by atoms with van der Waals surface area (Å²) >= 11 is 0. The van der Waals surface area contributed by atoms with Crippen molar-refractivity contribution >= 4 is 11.7 Å². The molecule has 4 aromatic rings. The summed E-state index contributed by atoms with van der Waals surface area (Å²) < 4.78 is 11.8. The van der Waals surface area contributed by atoms with Crippen molar-refractivity contribution in [2.75, 3.05) is 12.8 Å². The average molecular weight is 399 g/mol. The van der Waals surface area contributed by atoms with Crippen LogP contribution in [-0.2, 0) is 4.74 Å². The van der Waals surface area contributed by atoms with Crippen molar-refractivity contribution < 1.29 is 14.1 Å². The molecule has 0 fully saturated rings. The van der Waals surface area contributed by atoms with Crippen LogP contribution in [0.15, 0.2) is 59.3 Å². The molecule has 0 unspecified atom stereocenters. The number of aromatic nitrogens is 3. The largest absolute Gasteiger partial charge is 0.464 e. The van der Waals surface area contributed by atoms with Crippen LogP contribution in [0, 0.1) is 18.3 Å². The lowest BCUT2D eigenvalue weighted by Crippen LogP contribution is -2.11. The van der Waals surface area contributed by atoms with Crippen LogP contribution in [0.3, 0.4) is 0 Å². The number of hydrogen-bond donors (Lipinski definition) is 1. The zero-order chi connectivity index (χ0) is 21.3. The number of carbonyl (C=O) groups excluding carboxylic acids is 1. The summed E-state index contributed by atoms with van der Waals surface area (Å²) in [7, 11) is 1.26. The van der Waals surface area contributed by atoms with E-state index in [1.54, 1.807) is 18.2 Å². The summed E-state index contributed by atoms with van der Waals surface area (Å²) in [5.41, 5.74) is 9.53. The predicted molar refractivity (Wildman–Crippen MR) is 110 cm³/mol. The summed E-state index contributed by atoms with van der Waals surface area (Å²) in [6.07, 6.45) is 1.49. The molecule has 148 valence electrons. The van der Waals surface area contributed by atoms with Gasteiger partial charge in [-0.05, 0) is 25.1 Å². The first kappa shape index (κ1) is 19.0. The minimum atomic E-state index is -0.640. The third kappa shape index (κ3) is 3.29. The fourth-order valence-electron chi connectivity index (χ4n) is 3.07. The molecule has 30 heavy (non-hydrogen) atoms. The predicted octanol–water partition coefficient (Wildman–Crippen LogP) is 3.74. The lowest BCUT2D eigenvalue weighted by Gasteiger charge is -2.09. The summed E-state index contributed by atoms with van der Waals surface area (Å²) in [6.45, 7) is 2.01. The SMILES string of the molecule is COC(=O)c1c(N)c(C#N)cn1-c1cccc(-c2nc(-c3ccc(C)cc3)no2)c1. The summed E-state index contributed by atoms with van der Waals surface area (Å²) in [5.74, 6) is 0.161. The zero-order valence-corrected chi connectivity index (χ0v) is 16.3. The van der Waals surface area contributed by atoms with Gasteiger partial charge in [-0.2, -0.15) is 10.2 Å². The number of nitrogen functional groups attached to an aromatic ring is 1. The van der Waals surface area contributed by atoms with Crippen molar-refractivity contribution in [3.63, 3.8) is 0 Å². The van der Waals surface area contributed by atoms with Crippen molar-refractivity contribution in [3.05, 3.63) is 71.5 Å². The molecule has 2 aromatic heterocycles. The average Bonchev–Trinajstić information content (AvgIpc) is 3.39. The Kier molecular flexibility index (Phi) is 4.78. The van der Waals surface area contributed by atoms with Crippen molar-refractivity contribution in [2.24, 2.45) is 0 Å². The Morgan fingerprint density at radius 2 is 1.97 bits per heavy atom. The standard InChI is InChI=1S/C22H17N5O3/c1-13-6-8-14(9-7-13)20-25-21(30-26-20)15-4-3-5-17(10-15)27-12-16(11-23)18(24)19(27)22(28)29-2/h3-10,12H,24H2,1-2H3. The first-order chi connectivity index (χ1) is 14.5. The number of benzene rings is 2. The van der Waals surface area contributed by atoms with Gasteiger partial charge in [0.25, 0.3) is 5.89 Å². The lowest BCUT2D eigenvalue weighted by molar-refractivity contribution is 0.0593. The van der Waals surface area contributed by atoms with E-state index >= 15 is 0 Å². The molecular weight excluding hydrogens is 382 g/mol. The van der Waals surface area contributed by atoms with Gasteiger partial charge in [-0.25, -0.2) is 4.79 Å². The van der Waals surface area contributed by atoms with Gasteiger partial charge >= 0.3 is 5.97 Å². The van der Waals surface area contributed by atoms with Crippen LogP contribution in [0.4, 0.5) is 5.69 Å². The van der Waals surface area contributed by atoms with E-state index in [2.05, 4.69) is 10.1 Å². The minimum absolute atomic E-state index is 0.0641. The van der Waals surface area contributed by atoms with Crippen LogP contribution >= 0.6 is 0 Å². The van der Waals surface area contributed by atoms with Gasteiger partial charge in [0.05, 0.1) is 18.4 Å². The Morgan fingerprint density at radius 1 is 1.20 bits per heavy atom. The highest BCUT2D eigenvalue weighted by Gasteiger charge is 2.22. The number of nitrogens with zero attached hydrogens (tertiary/aromatic N) is 4. The molecule has 0 aliphatic carbocycles. The summed E-state index contributed by atoms with van der Waals surface area (Å²) in [4.78, 5) is 16.7. The molecule has 0 aliphatic rings. The van der Waals surface area contributed by atoms with Crippen molar-refractivity contribution in [1.82, 2.24) is 14.7 Å². The molecule has 0 bridgehead atoms. The molecule has 0 atom stereocenters. The number of nitrogens with two attached hydrogens (primary N) is 1. The first-order valence-corrected chi connectivity index (χ1v) is 9.02. The van der Waals surface area contributed by atoms with E-state index in [9.17, 15) is 10.1 Å². The van der Waals surface area contributed by atoms with Crippen molar-refractivity contribution in [3.8, 4) is 34.6 Å². The van der Waals surface area contributed by atoms with Crippen LogP contribution in [0.2, 0.25) is 0 Å². The van der Waals surface area contributed by atoms with E-state index in [4.69, 9.17) is 15.0 Å². The highest BCUT2D eigenvalue weighted by molar-refractivity contribution is 5.96. The smallest absolute Gasteiger partial charge is 0.357 e. The summed E-state index contributed by atoms with van der Waals surface area (Å²) in [6, 6.07) is 16.9. The van der Waals surface area contributed by atoms with E-state index < -0.39 is 5.97 Å². The van der Waals surface area contributed by atoms with Crippen LogP contribution in [0.25, 0.3) is 28.5 Å². The van der Waals surface area contributed by atoms with E-state index in [0.29, 0.717) is 23.0 Å². The molecule has 8 nitrogen and oxygen atoms in total. The van der Waals surface area contributed by atoms with Gasteiger partial charge in [0.15, 0.2) is 5.69 Å². The van der Waals surface area contributed by atoms with E-state index in [1.165, 1.54) is 17.9 Å². The number of rotatable bonds is 4. The Labute approximate surface area is 172 Å². The van der Waals surface area contributed by atoms with Crippen molar-refractivity contribution in [2.45, 2.75) is 6.92 Å². The number of aryl methyl sites for hydroxylation is 1. The minimum Gasteiger partial charge on any atom is -0.464 e. The van der Waals surface area contributed by atoms with Gasteiger partial charge in [-0.1, -0.05) is 41.1 Å². The van der Waals surface area contributed by atoms with Crippen LogP contribution in [0.5, 0.6) is 0 Å². The molecule has 2 heterocycles. The van der Waals surface area contributed by atoms with E-state index in [-0.39, 0.29) is 16.9 Å². The number of anilines is 1. The third-order valence-corrected chi connectivity index (χ3v) is 4.65. The number of methoxy groups -OCH3 is 1. The topological polar surface area (TPSA) is 120 Å². The monoisotopic (exact) mass is 399 g/mol. The number of carbonyl (C=O) groups is 1. The number of nitriles is 1. The Morgan fingerprint density at radius 3 is 2.67 bits per heavy atom. The summed E-state index contributed by atoms with van der Waals surface area (Å²) in [5, 5.41) is 13.3. The molecule has 0 spiro atoms. The number of hydrogen-bond acceptors (Lipinski definition) is 7. The highest BCUT2D eigenvalue weighted by Crippen LogP contribution is 2.28. The third-order valence-electron chi connectivity index (χ3n) is 4.65. The Balaban J connectivity index is 1.75. The number of ether oxygens (including phenoxy) is 1. The van der Waals surface area contributed by atoms with Gasteiger partial charge in [0, 0.05) is 23.0 Å². The highest BCUT2D eigenvalue weighted by atomic mass is 16.5. The quantitative estimate of drug-likeness (QED) is 0.519. The van der Waals surface area contributed by atoms with Crippen LogP contribution < -0.4 is 5.73 Å². The number of esters is 1. The molecule has 4 rings (SSSR count). The van der Waals surface area contributed by atoms with Crippen LogP contribution in [-0.4, -0.2) is 27.8 Å². The van der Waals surface area contributed by atoms with Crippen LogP contribution in [0.1, 0.15) is 21.6 Å². The normalized spacial score (nSPS) is 10.6. The first-order valence-electron chi connectivity index (χ1n) is 9.02. The molecule has 0 amide bonds. The molecule has 0 saturated carbocycles. The second-order valence-corrected chi connectivity index (χ2v) is 6.62. The zero-order valence-electron chi connectivity index (χ0n) is 16.3. The fraction of sp³-hybridized carbons (Fsp3) is 0.0909. The lowest BCUT2D eigenvalue weighted by atomic mass is 10.1. The molecule has 0 aliphatic heterocycles. The van der Waals surface area contributed by atoms with Gasteiger partial charge in [0.2, 0.25) is 5.82 Å². The maximum Gasteiger partial charge on any atom is 0.357 e. The van der Waals surface area contributed by atoms with E-state index in [0.717, 1.165) is 11.1 Å².